The molecule has 0 radical (unpaired) electrons. The summed E-state index contributed by atoms with van der Waals surface area (Å²) in [7, 11) is -3.56. The second-order valence-electron chi connectivity index (χ2n) is 8.45. The Morgan fingerprint density at radius 2 is 1.85 bits per heavy atom. The Morgan fingerprint density at radius 3 is 2.61 bits per heavy atom. The van der Waals surface area contributed by atoms with Gasteiger partial charge in [0.25, 0.3) is 0 Å². The summed E-state index contributed by atoms with van der Waals surface area (Å²) in [4.78, 5) is 19.1. The second kappa shape index (κ2) is 9.36. The van der Waals surface area contributed by atoms with Crippen LogP contribution < -0.4 is 0 Å². The van der Waals surface area contributed by atoms with Crippen molar-refractivity contribution < 1.29 is 17.7 Å². The van der Waals surface area contributed by atoms with Gasteiger partial charge in [-0.05, 0) is 60.4 Å². The number of piperazine rings is 1. The van der Waals surface area contributed by atoms with E-state index in [9.17, 15) is 13.2 Å². The Hall–Kier alpha value is -2.56. The van der Waals surface area contributed by atoms with Crippen molar-refractivity contribution in [2.24, 2.45) is 0 Å². The van der Waals surface area contributed by atoms with Gasteiger partial charge in [-0.15, -0.1) is 0 Å². The minimum atomic E-state index is -3.56. The topological polar surface area (TPSA) is 96.6 Å². The molecule has 0 unspecified atom stereocenters. The summed E-state index contributed by atoms with van der Waals surface area (Å²) < 4.78 is 33.1. The van der Waals surface area contributed by atoms with Crippen LogP contribution in [0.2, 0.25) is 0 Å². The van der Waals surface area contributed by atoms with Crippen molar-refractivity contribution in [3.8, 4) is 11.4 Å². The Morgan fingerprint density at radius 1 is 1.06 bits per heavy atom. The number of hydrogen-bond acceptors (Lipinski definition) is 7. The highest BCUT2D eigenvalue weighted by atomic mass is 32.2. The van der Waals surface area contributed by atoms with E-state index < -0.39 is 10.0 Å². The molecular weight excluding hydrogens is 460 g/mol. The number of nitrogens with zero attached hydrogens (tertiary/aromatic N) is 4. The first kappa shape index (κ1) is 22.2. The number of aromatic nitrogens is 2. The number of aryl methyl sites for hydroxylation is 3. The summed E-state index contributed by atoms with van der Waals surface area (Å²) in [6.07, 6.45) is 4.85. The van der Waals surface area contributed by atoms with Crippen LogP contribution in [0.1, 0.15) is 36.3 Å². The van der Waals surface area contributed by atoms with E-state index in [4.69, 9.17) is 4.52 Å². The van der Waals surface area contributed by atoms with Crippen LogP contribution in [0.4, 0.5) is 0 Å². The molecule has 1 amide bonds. The lowest BCUT2D eigenvalue weighted by Crippen LogP contribution is -2.50. The summed E-state index contributed by atoms with van der Waals surface area (Å²) in [5.74, 6) is 0.925. The predicted octanol–water partition coefficient (Wildman–Crippen LogP) is 3.14. The van der Waals surface area contributed by atoms with Gasteiger partial charge in [0, 0.05) is 50.0 Å². The zero-order valence-corrected chi connectivity index (χ0v) is 19.9. The molecule has 33 heavy (non-hydrogen) atoms. The number of carbonyl (C=O) groups is 1. The van der Waals surface area contributed by atoms with Gasteiger partial charge >= 0.3 is 0 Å². The van der Waals surface area contributed by atoms with Gasteiger partial charge in [0.2, 0.25) is 27.6 Å². The summed E-state index contributed by atoms with van der Waals surface area (Å²) in [6.45, 7) is 1.36. The zero-order chi connectivity index (χ0) is 22.8. The van der Waals surface area contributed by atoms with E-state index in [0.29, 0.717) is 49.2 Å². The molecule has 1 aliphatic carbocycles. The number of thiophene rings is 1. The van der Waals surface area contributed by atoms with Gasteiger partial charge < -0.3 is 9.42 Å². The molecular formula is C23H26N4O4S2. The standard InChI is InChI=1S/C23H26N4O4S2/c28-22(8-7-21-24-23(25-31-21)19-9-14-32-16-19)26-10-12-27(13-11-26)33(29,30)20-6-5-17-3-1-2-4-18(17)15-20/h5-6,9,14-16H,1-4,7-8,10-13H2. The van der Waals surface area contributed by atoms with Crippen LogP contribution in [0.5, 0.6) is 0 Å². The summed E-state index contributed by atoms with van der Waals surface area (Å²) >= 11 is 1.56. The van der Waals surface area contributed by atoms with Crippen LogP contribution in [-0.4, -0.2) is 59.8 Å². The van der Waals surface area contributed by atoms with Crippen LogP contribution >= 0.6 is 11.3 Å². The van der Waals surface area contributed by atoms with Crippen LogP contribution in [0.25, 0.3) is 11.4 Å². The first-order valence-electron chi connectivity index (χ1n) is 11.3. The largest absolute Gasteiger partial charge is 0.340 e. The number of rotatable bonds is 6. The van der Waals surface area contributed by atoms with E-state index in [0.717, 1.165) is 36.8 Å². The Labute approximate surface area is 197 Å². The number of hydrogen-bond donors (Lipinski definition) is 0. The maximum absolute atomic E-state index is 13.2. The molecule has 1 aliphatic heterocycles. The van der Waals surface area contributed by atoms with Gasteiger partial charge in [-0.25, -0.2) is 8.42 Å². The van der Waals surface area contributed by atoms with Crippen molar-refractivity contribution >= 4 is 27.3 Å². The molecule has 3 heterocycles. The molecule has 1 fully saturated rings. The molecule has 8 nitrogen and oxygen atoms in total. The fourth-order valence-electron chi connectivity index (χ4n) is 4.43. The number of sulfonamides is 1. The van der Waals surface area contributed by atoms with Gasteiger partial charge in [0.15, 0.2) is 0 Å². The van der Waals surface area contributed by atoms with Crippen molar-refractivity contribution in [1.82, 2.24) is 19.3 Å². The van der Waals surface area contributed by atoms with Gasteiger partial charge in [-0.1, -0.05) is 11.2 Å². The van der Waals surface area contributed by atoms with Crippen molar-refractivity contribution in [2.45, 2.75) is 43.4 Å². The van der Waals surface area contributed by atoms with E-state index in [2.05, 4.69) is 10.1 Å². The summed E-state index contributed by atoms with van der Waals surface area (Å²) in [6, 6.07) is 7.45. The van der Waals surface area contributed by atoms with E-state index in [1.165, 1.54) is 9.87 Å². The van der Waals surface area contributed by atoms with Crippen LogP contribution in [-0.2, 0) is 34.1 Å². The molecule has 0 saturated carbocycles. The molecule has 2 aromatic heterocycles. The molecule has 1 aromatic carbocycles. The minimum absolute atomic E-state index is 0.0314. The average Bonchev–Trinajstić information content (AvgIpc) is 3.54. The van der Waals surface area contributed by atoms with Gasteiger partial charge in [-0.2, -0.15) is 20.6 Å². The Balaban J connectivity index is 1.15. The number of carbonyl (C=O) groups excluding carboxylic acids is 1. The van der Waals surface area contributed by atoms with E-state index in [1.54, 1.807) is 22.3 Å². The lowest BCUT2D eigenvalue weighted by atomic mass is 9.92. The molecule has 174 valence electrons. The van der Waals surface area contributed by atoms with Crippen molar-refractivity contribution in [3.63, 3.8) is 0 Å². The number of benzene rings is 1. The van der Waals surface area contributed by atoms with Crippen molar-refractivity contribution in [3.05, 3.63) is 52.0 Å². The number of fused-ring (bicyclic) bond motifs is 1. The summed E-state index contributed by atoms with van der Waals surface area (Å²) in [5.41, 5.74) is 3.32. The third kappa shape index (κ3) is 4.73. The molecule has 0 N–H and O–H groups in total. The van der Waals surface area contributed by atoms with Gasteiger partial charge in [0.05, 0.1) is 4.90 Å². The third-order valence-electron chi connectivity index (χ3n) is 6.35. The van der Waals surface area contributed by atoms with Gasteiger partial charge in [-0.3, -0.25) is 4.79 Å². The fourth-order valence-corrected chi connectivity index (χ4v) is 6.54. The predicted molar refractivity (Wildman–Crippen MR) is 124 cm³/mol. The van der Waals surface area contributed by atoms with Crippen LogP contribution in [0.15, 0.2) is 44.4 Å². The molecule has 0 atom stereocenters. The van der Waals surface area contributed by atoms with Crippen molar-refractivity contribution in [2.75, 3.05) is 26.2 Å². The molecule has 10 heteroatoms. The average molecular weight is 487 g/mol. The zero-order valence-electron chi connectivity index (χ0n) is 18.3. The maximum atomic E-state index is 13.2. The second-order valence-corrected chi connectivity index (χ2v) is 11.2. The Kier molecular flexibility index (Phi) is 6.31. The molecule has 1 saturated heterocycles. The quantitative estimate of drug-likeness (QED) is 0.531. The van der Waals surface area contributed by atoms with E-state index in [-0.39, 0.29) is 12.3 Å². The van der Waals surface area contributed by atoms with E-state index in [1.807, 2.05) is 29.0 Å². The highest BCUT2D eigenvalue weighted by Crippen LogP contribution is 2.26. The monoisotopic (exact) mass is 486 g/mol. The van der Waals surface area contributed by atoms with Crippen LogP contribution in [0, 0.1) is 0 Å². The molecule has 3 aromatic rings. The first-order chi connectivity index (χ1) is 16.0. The lowest BCUT2D eigenvalue weighted by Gasteiger charge is -2.34. The van der Waals surface area contributed by atoms with Crippen LogP contribution in [0.3, 0.4) is 0 Å². The van der Waals surface area contributed by atoms with E-state index >= 15 is 0 Å². The highest BCUT2D eigenvalue weighted by Gasteiger charge is 2.30. The maximum Gasteiger partial charge on any atom is 0.243 e. The Bertz CT molecular complexity index is 1230. The van der Waals surface area contributed by atoms with Crippen molar-refractivity contribution in [1.29, 1.82) is 0 Å². The fraction of sp³-hybridized carbons (Fsp3) is 0.435. The molecule has 0 spiro atoms. The third-order valence-corrected chi connectivity index (χ3v) is 8.93. The summed E-state index contributed by atoms with van der Waals surface area (Å²) in [5, 5.41) is 7.85. The molecule has 0 bridgehead atoms. The first-order valence-corrected chi connectivity index (χ1v) is 13.6. The minimum Gasteiger partial charge on any atom is -0.340 e. The normalized spacial score (nSPS) is 17.2. The highest BCUT2D eigenvalue weighted by molar-refractivity contribution is 7.89. The SMILES string of the molecule is O=C(CCc1nc(-c2ccsc2)no1)N1CCN(S(=O)(=O)c2ccc3c(c2)CCCC3)CC1. The lowest BCUT2D eigenvalue weighted by molar-refractivity contribution is -0.132. The molecule has 2 aliphatic rings. The smallest absolute Gasteiger partial charge is 0.243 e. The van der Waals surface area contributed by atoms with Gasteiger partial charge in [0.1, 0.15) is 0 Å². The number of amides is 1. The molecule has 5 rings (SSSR count).